The van der Waals surface area contributed by atoms with E-state index in [0.29, 0.717) is 5.01 Å². The zero-order valence-electron chi connectivity index (χ0n) is 18.7. The molecule has 0 aliphatic heterocycles. The van der Waals surface area contributed by atoms with Crippen molar-refractivity contribution in [3.8, 4) is 0 Å². The quantitative estimate of drug-likeness (QED) is 0.401. The first kappa shape index (κ1) is 26.1. The molecule has 0 aliphatic rings. The molecule has 0 fully saturated rings. The Morgan fingerprint density at radius 3 is 2.06 bits per heavy atom. The van der Waals surface area contributed by atoms with Crippen molar-refractivity contribution in [2.75, 3.05) is 25.3 Å². The summed E-state index contributed by atoms with van der Waals surface area (Å²) in [5.74, 6) is -2.10. The number of nitrogens with one attached hydrogen (secondary N) is 1. The van der Waals surface area contributed by atoms with Crippen molar-refractivity contribution in [3.05, 3.63) is 29.3 Å². The van der Waals surface area contributed by atoms with E-state index >= 15 is 0 Å². The summed E-state index contributed by atoms with van der Waals surface area (Å²) in [5, 5.41) is 4.02. The maximum absolute atomic E-state index is 14.5. The molecule has 1 aromatic carbocycles. The molecule has 0 radical (unpaired) electrons. The lowest BCUT2D eigenvalue weighted by molar-refractivity contribution is 0.0425. The Morgan fingerprint density at radius 1 is 1.03 bits per heavy atom. The number of methoxy groups -OCH3 is 1. The molecule has 31 heavy (non-hydrogen) atoms. The van der Waals surface area contributed by atoms with Gasteiger partial charge in [0.25, 0.3) is 0 Å². The average Bonchev–Trinajstić information content (AvgIpc) is 2.58. The molecule has 1 N–H and O–H groups in total. The van der Waals surface area contributed by atoms with Crippen molar-refractivity contribution in [1.29, 1.82) is 0 Å². The summed E-state index contributed by atoms with van der Waals surface area (Å²) in [6.45, 7) is 10.00. The summed E-state index contributed by atoms with van der Waals surface area (Å²) in [4.78, 5) is 29.5. The molecule has 0 bridgehead atoms. The van der Waals surface area contributed by atoms with Gasteiger partial charge < -0.3 is 19.0 Å². The molecule has 9 nitrogen and oxygen atoms in total. The highest BCUT2D eigenvalue weighted by atomic mass is 19.1. The van der Waals surface area contributed by atoms with Crippen molar-refractivity contribution in [3.63, 3.8) is 0 Å². The molecule has 0 aromatic heterocycles. The van der Waals surface area contributed by atoms with Crippen LogP contribution in [0, 0.1) is 11.6 Å². The number of carbonyl (C=O) groups excluding carboxylic acids is 2. The van der Waals surface area contributed by atoms with E-state index in [1.54, 1.807) is 41.5 Å². The summed E-state index contributed by atoms with van der Waals surface area (Å²) < 4.78 is 44.1. The van der Waals surface area contributed by atoms with Gasteiger partial charge in [-0.1, -0.05) is 5.16 Å². The second-order valence-electron chi connectivity index (χ2n) is 8.31. The molecular weight excluding hydrogens is 416 g/mol. The molecule has 0 saturated heterocycles. The third-order valence-electron chi connectivity index (χ3n) is 3.14. The minimum atomic E-state index is -1.07. The highest BCUT2D eigenvalue weighted by molar-refractivity contribution is 5.91. The fourth-order valence-corrected chi connectivity index (χ4v) is 2.00. The molecule has 0 saturated carbocycles. The Hall–Kier alpha value is -2.95. The van der Waals surface area contributed by atoms with Crippen molar-refractivity contribution in [2.24, 2.45) is 5.16 Å². The van der Waals surface area contributed by atoms with E-state index < -0.39 is 40.6 Å². The van der Waals surface area contributed by atoms with Crippen LogP contribution in [0.2, 0.25) is 0 Å². The zero-order valence-corrected chi connectivity index (χ0v) is 18.7. The van der Waals surface area contributed by atoms with Crippen LogP contribution >= 0.6 is 0 Å². The predicted molar refractivity (Wildman–Crippen MR) is 110 cm³/mol. The number of hydrogen-bond acceptors (Lipinski definition) is 7. The number of amides is 2. The molecule has 0 aliphatic carbocycles. The summed E-state index contributed by atoms with van der Waals surface area (Å²) >= 11 is 0. The van der Waals surface area contributed by atoms with Gasteiger partial charge in [0.1, 0.15) is 29.4 Å². The van der Waals surface area contributed by atoms with Gasteiger partial charge in [0.2, 0.25) is 0 Å². The number of halogens is 2. The van der Waals surface area contributed by atoms with Crippen LogP contribution in [0.4, 0.5) is 24.1 Å². The van der Waals surface area contributed by atoms with Crippen molar-refractivity contribution in [1.82, 2.24) is 5.43 Å². The molecule has 11 heteroatoms. The van der Waals surface area contributed by atoms with Gasteiger partial charge in [0.15, 0.2) is 0 Å². The van der Waals surface area contributed by atoms with Gasteiger partial charge in [-0.3, -0.25) is 0 Å². The third-order valence-corrected chi connectivity index (χ3v) is 3.14. The van der Waals surface area contributed by atoms with Crippen LogP contribution in [0.25, 0.3) is 0 Å². The minimum absolute atomic E-state index is 0.0978. The van der Waals surface area contributed by atoms with Crippen LogP contribution in [-0.4, -0.2) is 49.9 Å². The zero-order chi connectivity index (χ0) is 23.8. The smallest absolute Gasteiger partial charge is 0.434 e. The van der Waals surface area contributed by atoms with Crippen LogP contribution in [0.15, 0.2) is 17.3 Å². The minimum Gasteiger partial charge on any atom is -0.443 e. The van der Waals surface area contributed by atoms with E-state index in [9.17, 15) is 18.4 Å². The van der Waals surface area contributed by atoms with Crippen LogP contribution < -0.4 is 10.4 Å². The van der Waals surface area contributed by atoms with Crippen molar-refractivity contribution >= 4 is 24.1 Å². The molecule has 1 rings (SSSR count). The number of carbonyl (C=O) groups is 2. The number of anilines is 1. The molecule has 0 unspecified atom stereocenters. The largest absolute Gasteiger partial charge is 0.443 e. The standard InChI is InChI=1S/C20H29F2N3O6/c1-19(2,3)30-17(26)24-25(18(27)31-20(4,5)6)13-10-15(21)14(16(22)11-13)12-23-29-9-8-28-7/h10-12H,8-9H2,1-7H3,(H,24,26)/b23-12+. The van der Waals surface area contributed by atoms with Gasteiger partial charge in [-0.2, -0.15) is 5.01 Å². The molecular formula is C20H29F2N3O6. The highest BCUT2D eigenvalue weighted by Gasteiger charge is 2.28. The van der Waals surface area contributed by atoms with Gasteiger partial charge in [-0.25, -0.2) is 23.8 Å². The van der Waals surface area contributed by atoms with Gasteiger partial charge in [0.05, 0.1) is 24.1 Å². The maximum atomic E-state index is 14.5. The first-order valence-electron chi connectivity index (χ1n) is 9.39. The molecule has 174 valence electrons. The average molecular weight is 445 g/mol. The van der Waals surface area contributed by atoms with Gasteiger partial charge >= 0.3 is 12.2 Å². The summed E-state index contributed by atoms with van der Waals surface area (Å²) in [5.41, 5.74) is -0.487. The second-order valence-corrected chi connectivity index (χ2v) is 8.31. The number of rotatable bonds is 6. The molecule has 0 heterocycles. The SMILES string of the molecule is COCCO/N=C/c1c(F)cc(N(NC(=O)OC(C)(C)C)C(=O)OC(C)(C)C)cc1F. The normalized spacial score (nSPS) is 11.9. The monoisotopic (exact) mass is 445 g/mol. The number of hydrazine groups is 1. The molecule has 1 aromatic rings. The fourth-order valence-electron chi connectivity index (χ4n) is 2.00. The third kappa shape index (κ3) is 9.60. The van der Waals surface area contributed by atoms with Crippen LogP contribution in [0.1, 0.15) is 47.1 Å². The van der Waals surface area contributed by atoms with Crippen LogP contribution in [0.3, 0.4) is 0 Å². The first-order chi connectivity index (χ1) is 14.2. The van der Waals surface area contributed by atoms with E-state index in [4.69, 9.17) is 19.0 Å². The maximum Gasteiger partial charge on any atom is 0.434 e. The first-order valence-corrected chi connectivity index (χ1v) is 9.39. The van der Waals surface area contributed by atoms with Gasteiger partial charge in [0, 0.05) is 19.2 Å². The number of ether oxygens (including phenoxy) is 3. The summed E-state index contributed by atoms with van der Waals surface area (Å²) in [7, 11) is 1.47. The summed E-state index contributed by atoms with van der Waals surface area (Å²) in [6.07, 6.45) is -1.23. The Morgan fingerprint density at radius 2 is 1.58 bits per heavy atom. The van der Waals surface area contributed by atoms with Crippen molar-refractivity contribution in [2.45, 2.75) is 52.7 Å². The topological polar surface area (TPSA) is 98.7 Å². The van der Waals surface area contributed by atoms with Crippen LogP contribution in [0.5, 0.6) is 0 Å². The highest BCUT2D eigenvalue weighted by Crippen LogP contribution is 2.23. The second kappa shape index (κ2) is 10.9. The molecule has 2 amide bonds. The van der Waals surface area contributed by atoms with Crippen LogP contribution in [-0.2, 0) is 19.0 Å². The van der Waals surface area contributed by atoms with Gasteiger partial charge in [-0.15, -0.1) is 0 Å². The summed E-state index contributed by atoms with van der Waals surface area (Å²) in [6, 6.07) is 1.67. The lowest BCUT2D eigenvalue weighted by Crippen LogP contribution is -2.50. The number of oxime groups is 1. The van der Waals surface area contributed by atoms with E-state index in [0.717, 1.165) is 18.3 Å². The number of benzene rings is 1. The number of hydrogen-bond donors (Lipinski definition) is 1. The lowest BCUT2D eigenvalue weighted by Gasteiger charge is -2.29. The predicted octanol–water partition coefficient (Wildman–Crippen LogP) is 4.14. The van der Waals surface area contributed by atoms with E-state index in [-0.39, 0.29) is 18.9 Å². The van der Waals surface area contributed by atoms with E-state index in [2.05, 4.69) is 10.6 Å². The van der Waals surface area contributed by atoms with Crippen molar-refractivity contribution < 1.29 is 37.4 Å². The Bertz CT molecular complexity index is 780. The number of nitrogens with zero attached hydrogens (tertiary/aromatic N) is 2. The van der Waals surface area contributed by atoms with E-state index in [1.807, 2.05) is 0 Å². The lowest BCUT2D eigenvalue weighted by atomic mass is 10.2. The Balaban J connectivity index is 3.19. The van der Waals surface area contributed by atoms with E-state index in [1.165, 1.54) is 7.11 Å². The van der Waals surface area contributed by atoms with Gasteiger partial charge in [-0.05, 0) is 41.5 Å². The fraction of sp³-hybridized carbons (Fsp3) is 0.550. The molecule has 0 spiro atoms. The Labute approximate surface area is 180 Å². The molecule has 0 atom stereocenters. The Kier molecular flexibility index (Phi) is 9.17.